The Morgan fingerprint density at radius 2 is 1.89 bits per heavy atom. The van der Waals surface area contributed by atoms with E-state index in [9.17, 15) is 14.3 Å². The number of ether oxygens (including phenoxy) is 1. The fourth-order valence-corrected chi connectivity index (χ4v) is 1.84. The van der Waals surface area contributed by atoms with Crippen LogP contribution in [0.3, 0.4) is 0 Å². The summed E-state index contributed by atoms with van der Waals surface area (Å²) in [5.74, 6) is -0.605. The van der Waals surface area contributed by atoms with Gasteiger partial charge in [-0.15, -0.1) is 0 Å². The molecule has 0 aromatic rings. The maximum Gasteiger partial charge on any atom is 0.472 e. The van der Waals surface area contributed by atoms with Crippen LogP contribution < -0.4 is 0 Å². The Balaban J connectivity index is 3.57. The fraction of sp³-hybridized carbons (Fsp3) is 0.727. The van der Waals surface area contributed by atoms with E-state index in [1.54, 1.807) is 0 Å². The molecular formula is C11H21O6P. The van der Waals surface area contributed by atoms with E-state index in [0.29, 0.717) is 6.42 Å². The predicted octanol–water partition coefficient (Wildman–Crippen LogP) is 2.43. The summed E-state index contributed by atoms with van der Waals surface area (Å²) in [5, 5.41) is 0. The molecular weight excluding hydrogens is 259 g/mol. The lowest BCUT2D eigenvalue weighted by molar-refractivity contribution is -0.138. The lowest BCUT2D eigenvalue weighted by Crippen LogP contribution is -2.08. The Hall–Kier alpha value is -0.680. The molecule has 106 valence electrons. The predicted molar refractivity (Wildman–Crippen MR) is 67.0 cm³/mol. The van der Waals surface area contributed by atoms with Gasteiger partial charge in [-0.1, -0.05) is 32.8 Å². The minimum atomic E-state index is -4.03. The van der Waals surface area contributed by atoms with Crippen molar-refractivity contribution in [3.8, 4) is 0 Å². The number of hydrogen-bond donors (Lipinski definition) is 1. The maximum absolute atomic E-state index is 11.3. The largest absolute Gasteiger partial charge is 0.472 e. The molecule has 0 fully saturated rings. The van der Waals surface area contributed by atoms with E-state index in [2.05, 4.69) is 22.8 Å². The summed E-state index contributed by atoms with van der Waals surface area (Å²) in [6, 6.07) is 0. The molecule has 0 aliphatic rings. The lowest BCUT2D eigenvalue weighted by atomic mass is 10.2. The molecule has 18 heavy (non-hydrogen) atoms. The lowest BCUT2D eigenvalue weighted by Gasteiger charge is -2.11. The van der Waals surface area contributed by atoms with Crippen molar-refractivity contribution in [2.75, 3.05) is 19.8 Å². The minimum absolute atomic E-state index is 0.116. The number of rotatable bonds is 11. The number of unbranched alkanes of at least 4 members (excludes halogenated alkanes) is 3. The van der Waals surface area contributed by atoms with E-state index in [1.807, 2.05) is 0 Å². The molecule has 0 bridgehead atoms. The normalized spacial score (nSPS) is 13.9. The van der Waals surface area contributed by atoms with Crippen LogP contribution in [0.5, 0.6) is 0 Å². The van der Waals surface area contributed by atoms with Crippen LogP contribution in [-0.4, -0.2) is 30.7 Å². The number of hydrogen-bond acceptors (Lipinski definition) is 5. The van der Waals surface area contributed by atoms with Gasteiger partial charge in [-0.05, 0) is 6.42 Å². The average molecular weight is 280 g/mol. The third-order valence-corrected chi connectivity index (χ3v) is 3.02. The van der Waals surface area contributed by atoms with E-state index in [1.165, 1.54) is 0 Å². The summed E-state index contributed by atoms with van der Waals surface area (Å²) in [7, 11) is -4.03. The summed E-state index contributed by atoms with van der Waals surface area (Å²) in [4.78, 5) is 19.9. The smallest absolute Gasteiger partial charge is 0.460 e. The third kappa shape index (κ3) is 10.5. The number of esters is 1. The second kappa shape index (κ2) is 10.3. The zero-order valence-corrected chi connectivity index (χ0v) is 11.6. The van der Waals surface area contributed by atoms with E-state index in [-0.39, 0.29) is 19.8 Å². The quantitative estimate of drug-likeness (QED) is 0.271. The summed E-state index contributed by atoms with van der Waals surface area (Å²) >= 11 is 0. The van der Waals surface area contributed by atoms with Gasteiger partial charge in [0.1, 0.15) is 6.61 Å². The van der Waals surface area contributed by atoms with Gasteiger partial charge in [-0.2, -0.15) is 0 Å². The minimum Gasteiger partial charge on any atom is -0.460 e. The Morgan fingerprint density at radius 1 is 1.22 bits per heavy atom. The van der Waals surface area contributed by atoms with Crippen LogP contribution in [0.2, 0.25) is 0 Å². The Kier molecular flexibility index (Phi) is 9.87. The van der Waals surface area contributed by atoms with Gasteiger partial charge in [0.05, 0.1) is 13.2 Å². The molecule has 0 heterocycles. The molecule has 0 aromatic carbocycles. The van der Waals surface area contributed by atoms with Crippen molar-refractivity contribution in [3.05, 3.63) is 12.7 Å². The number of carbonyl (C=O) groups excluding carboxylic acids is 1. The zero-order valence-electron chi connectivity index (χ0n) is 10.7. The average Bonchev–Trinajstić information content (AvgIpc) is 2.34. The SMILES string of the molecule is C=CC(=O)OCCOP(=O)(O)OCCCCCC. The molecule has 0 aromatic heterocycles. The van der Waals surface area contributed by atoms with Gasteiger partial charge < -0.3 is 9.63 Å². The standard InChI is InChI=1S/C11H21O6P/c1-3-5-6-7-8-16-18(13,14)17-10-9-15-11(12)4-2/h4H,2-3,5-10H2,1H3,(H,13,14). The summed E-state index contributed by atoms with van der Waals surface area (Å²) in [6.45, 7) is 5.16. The second-order valence-corrected chi connectivity index (χ2v) is 5.02. The van der Waals surface area contributed by atoms with Crippen molar-refractivity contribution < 1.29 is 28.0 Å². The van der Waals surface area contributed by atoms with Crippen molar-refractivity contribution in [2.45, 2.75) is 32.6 Å². The molecule has 0 rings (SSSR count). The van der Waals surface area contributed by atoms with Crippen molar-refractivity contribution >= 4 is 13.8 Å². The third-order valence-electron chi connectivity index (χ3n) is 2.00. The highest BCUT2D eigenvalue weighted by Gasteiger charge is 2.20. The Bertz CT molecular complexity index is 291. The van der Waals surface area contributed by atoms with Gasteiger partial charge >= 0.3 is 13.8 Å². The van der Waals surface area contributed by atoms with Gasteiger partial charge in [0.2, 0.25) is 0 Å². The van der Waals surface area contributed by atoms with Crippen LogP contribution in [0, 0.1) is 0 Å². The first-order valence-corrected chi connectivity index (χ1v) is 7.42. The van der Waals surface area contributed by atoms with Crippen molar-refractivity contribution in [2.24, 2.45) is 0 Å². The van der Waals surface area contributed by atoms with Crippen molar-refractivity contribution in [1.82, 2.24) is 0 Å². The Labute approximate surface area is 108 Å². The molecule has 1 atom stereocenters. The van der Waals surface area contributed by atoms with E-state index in [0.717, 1.165) is 25.3 Å². The summed E-state index contributed by atoms with van der Waals surface area (Å²) in [5.41, 5.74) is 0. The molecule has 0 aliphatic carbocycles. The highest BCUT2D eigenvalue weighted by molar-refractivity contribution is 7.47. The molecule has 7 heteroatoms. The van der Waals surface area contributed by atoms with Crippen LogP contribution in [0.1, 0.15) is 32.6 Å². The zero-order chi connectivity index (χ0) is 13.9. The number of phosphoric ester groups is 1. The van der Waals surface area contributed by atoms with E-state index >= 15 is 0 Å². The van der Waals surface area contributed by atoms with Crippen LogP contribution in [0.15, 0.2) is 12.7 Å². The Morgan fingerprint density at radius 3 is 2.50 bits per heavy atom. The molecule has 0 spiro atoms. The first-order chi connectivity index (χ1) is 8.52. The van der Waals surface area contributed by atoms with E-state index < -0.39 is 13.8 Å². The molecule has 1 unspecified atom stereocenters. The van der Waals surface area contributed by atoms with Crippen LogP contribution in [0.25, 0.3) is 0 Å². The number of phosphoric acid groups is 1. The highest BCUT2D eigenvalue weighted by Crippen LogP contribution is 2.43. The summed E-state index contributed by atoms with van der Waals surface area (Å²) < 4.78 is 25.2. The van der Waals surface area contributed by atoms with Gasteiger partial charge in [-0.25, -0.2) is 9.36 Å². The van der Waals surface area contributed by atoms with Gasteiger partial charge in [0.15, 0.2) is 0 Å². The summed E-state index contributed by atoms with van der Waals surface area (Å²) in [6.07, 6.45) is 4.82. The molecule has 0 radical (unpaired) electrons. The molecule has 0 aliphatic heterocycles. The molecule has 0 amide bonds. The van der Waals surface area contributed by atoms with Gasteiger partial charge in [0.25, 0.3) is 0 Å². The van der Waals surface area contributed by atoms with Crippen LogP contribution in [0.4, 0.5) is 0 Å². The monoisotopic (exact) mass is 280 g/mol. The molecule has 1 N–H and O–H groups in total. The van der Waals surface area contributed by atoms with Gasteiger partial charge in [-0.3, -0.25) is 9.05 Å². The van der Waals surface area contributed by atoms with Crippen LogP contribution in [-0.2, 0) is 23.1 Å². The maximum atomic E-state index is 11.3. The van der Waals surface area contributed by atoms with Crippen molar-refractivity contribution in [3.63, 3.8) is 0 Å². The highest BCUT2D eigenvalue weighted by atomic mass is 31.2. The number of carbonyl (C=O) groups is 1. The molecule has 0 saturated carbocycles. The fourth-order valence-electron chi connectivity index (χ4n) is 1.10. The molecule has 6 nitrogen and oxygen atoms in total. The first kappa shape index (κ1) is 17.3. The molecule has 0 saturated heterocycles. The first-order valence-electron chi connectivity index (χ1n) is 5.93. The van der Waals surface area contributed by atoms with Gasteiger partial charge in [0, 0.05) is 6.08 Å². The van der Waals surface area contributed by atoms with Crippen LogP contribution >= 0.6 is 7.82 Å². The van der Waals surface area contributed by atoms with E-state index in [4.69, 9.17) is 4.52 Å². The van der Waals surface area contributed by atoms with Crippen molar-refractivity contribution in [1.29, 1.82) is 0 Å². The second-order valence-electron chi connectivity index (χ2n) is 3.57. The topological polar surface area (TPSA) is 82.1 Å².